The molecule has 0 heterocycles. The van der Waals surface area contributed by atoms with Crippen LogP contribution in [0, 0.1) is 10.8 Å². The second-order valence-electron chi connectivity index (χ2n) is 11.5. The Morgan fingerprint density at radius 2 is 0.500 bits per heavy atom. The van der Waals surface area contributed by atoms with Gasteiger partial charge in [-0.05, 0) is 41.5 Å². The lowest BCUT2D eigenvalue weighted by Gasteiger charge is -2.30. The topological polar surface area (TPSA) is 198 Å². The second-order valence-corrected chi connectivity index (χ2v) is 11.5. The number of ether oxygens (including phenoxy) is 6. The summed E-state index contributed by atoms with van der Waals surface area (Å²) in [6, 6.07) is 0. The molecular weight excluding hydrogens is 632 g/mol. The average Bonchev–Trinajstić information content (AvgIpc) is 3.03. The zero-order valence-electron chi connectivity index (χ0n) is 28.7. The molecular formula is C34H48O14. The maximum atomic E-state index is 11.6. The van der Waals surface area contributed by atoms with Crippen LogP contribution in [0.15, 0.2) is 72.9 Å². The minimum atomic E-state index is -1.30. The van der Waals surface area contributed by atoms with Gasteiger partial charge in [-0.25, -0.2) is 28.8 Å². The van der Waals surface area contributed by atoms with Gasteiger partial charge in [0.15, 0.2) is 0 Å². The van der Waals surface area contributed by atoms with Crippen molar-refractivity contribution in [1.29, 1.82) is 0 Å². The first-order valence-electron chi connectivity index (χ1n) is 14.3. The standard InChI is InChI=1S/2C17H24O7/c2*1-11(2)14(19)22-8-17(7-18,9-23-15(20)12(3)4)10-24-16(21)13(5)6/h2*18H,1,3,5,7-10H2,2,4,6H3. The minimum absolute atomic E-state index is 0.166. The van der Waals surface area contributed by atoms with E-state index in [1.165, 1.54) is 41.5 Å². The summed E-state index contributed by atoms with van der Waals surface area (Å²) in [5, 5.41) is 19.4. The van der Waals surface area contributed by atoms with E-state index in [2.05, 4.69) is 39.5 Å². The summed E-state index contributed by atoms with van der Waals surface area (Å²) in [5.41, 5.74) is -1.61. The molecule has 14 heteroatoms. The third kappa shape index (κ3) is 17.8. The van der Waals surface area contributed by atoms with Crippen molar-refractivity contribution < 1.29 is 67.4 Å². The van der Waals surface area contributed by atoms with Crippen LogP contribution in [-0.2, 0) is 57.2 Å². The Morgan fingerprint density at radius 1 is 0.375 bits per heavy atom. The lowest BCUT2D eigenvalue weighted by molar-refractivity contribution is -0.162. The van der Waals surface area contributed by atoms with Crippen LogP contribution in [0.5, 0.6) is 0 Å². The fourth-order valence-electron chi connectivity index (χ4n) is 2.57. The molecule has 48 heavy (non-hydrogen) atoms. The molecule has 0 aliphatic rings. The molecule has 0 aromatic heterocycles. The monoisotopic (exact) mass is 680 g/mol. The van der Waals surface area contributed by atoms with E-state index in [1.807, 2.05) is 0 Å². The molecule has 0 aromatic carbocycles. The molecule has 0 aliphatic heterocycles. The van der Waals surface area contributed by atoms with Crippen molar-refractivity contribution in [3.05, 3.63) is 72.9 Å². The normalized spacial score (nSPS) is 10.5. The molecule has 14 nitrogen and oxygen atoms in total. The number of aliphatic hydroxyl groups is 2. The number of aliphatic hydroxyl groups excluding tert-OH is 2. The van der Waals surface area contributed by atoms with Gasteiger partial charge in [-0.3, -0.25) is 0 Å². The SMILES string of the molecule is C=C(C)C(=O)OCC(CO)(COC(=O)C(=C)C)COC(=O)C(=C)C.C=C(C)C(=O)OCC(CO)(COC(=O)C(=C)C)COC(=O)C(=C)C. The fourth-order valence-corrected chi connectivity index (χ4v) is 2.57. The molecule has 0 saturated carbocycles. The highest BCUT2D eigenvalue weighted by molar-refractivity contribution is 5.89. The van der Waals surface area contributed by atoms with E-state index in [1.54, 1.807) is 0 Å². The van der Waals surface area contributed by atoms with Gasteiger partial charge < -0.3 is 38.6 Å². The molecule has 0 rings (SSSR count). The van der Waals surface area contributed by atoms with Gasteiger partial charge in [0.1, 0.15) is 39.6 Å². The van der Waals surface area contributed by atoms with Crippen LogP contribution in [0.4, 0.5) is 0 Å². The Bertz CT molecular complexity index is 1040. The average molecular weight is 681 g/mol. The zero-order valence-corrected chi connectivity index (χ0v) is 28.7. The molecule has 0 saturated heterocycles. The lowest BCUT2D eigenvalue weighted by Crippen LogP contribution is -2.42. The molecule has 0 aromatic rings. The fraction of sp³-hybridized carbons (Fsp3) is 0.471. The predicted molar refractivity (Wildman–Crippen MR) is 174 cm³/mol. The third-order valence-electron chi connectivity index (χ3n) is 5.82. The van der Waals surface area contributed by atoms with Crippen LogP contribution >= 0.6 is 0 Å². The van der Waals surface area contributed by atoms with Crippen LogP contribution < -0.4 is 0 Å². The number of hydrogen-bond donors (Lipinski definition) is 2. The highest BCUT2D eigenvalue weighted by atomic mass is 16.6. The highest BCUT2D eigenvalue weighted by Gasteiger charge is 2.37. The van der Waals surface area contributed by atoms with Gasteiger partial charge in [0.25, 0.3) is 0 Å². The molecule has 0 amide bonds. The molecule has 0 spiro atoms. The first-order chi connectivity index (χ1) is 22.1. The largest absolute Gasteiger partial charge is 0.461 e. The molecule has 0 fully saturated rings. The van der Waals surface area contributed by atoms with Gasteiger partial charge in [0.05, 0.1) is 24.0 Å². The quantitative estimate of drug-likeness (QED) is 0.108. The number of carbonyl (C=O) groups excluding carboxylic acids is 6. The number of esters is 6. The zero-order chi connectivity index (χ0) is 37.8. The molecule has 0 atom stereocenters. The van der Waals surface area contributed by atoms with E-state index >= 15 is 0 Å². The molecule has 0 unspecified atom stereocenters. The van der Waals surface area contributed by atoms with E-state index in [4.69, 9.17) is 28.4 Å². The Balaban J connectivity index is 0. The molecule has 268 valence electrons. The predicted octanol–water partition coefficient (Wildman–Crippen LogP) is 2.65. The van der Waals surface area contributed by atoms with Crippen molar-refractivity contribution in [2.24, 2.45) is 10.8 Å². The Kier molecular flexibility index (Phi) is 20.6. The first kappa shape index (κ1) is 45.3. The maximum absolute atomic E-state index is 11.6. The lowest BCUT2D eigenvalue weighted by atomic mass is 9.92. The van der Waals surface area contributed by atoms with Crippen molar-refractivity contribution >= 4 is 35.8 Å². The Morgan fingerprint density at radius 3 is 0.583 bits per heavy atom. The van der Waals surface area contributed by atoms with Gasteiger partial charge in [0.2, 0.25) is 0 Å². The molecule has 0 bridgehead atoms. The molecule has 0 aliphatic carbocycles. The van der Waals surface area contributed by atoms with Gasteiger partial charge in [-0.1, -0.05) is 39.5 Å². The van der Waals surface area contributed by atoms with Crippen LogP contribution in [0.25, 0.3) is 0 Å². The van der Waals surface area contributed by atoms with Crippen molar-refractivity contribution in [3.8, 4) is 0 Å². The smallest absolute Gasteiger partial charge is 0.333 e. The van der Waals surface area contributed by atoms with Crippen molar-refractivity contribution in [2.75, 3.05) is 52.9 Å². The third-order valence-corrected chi connectivity index (χ3v) is 5.82. The van der Waals surface area contributed by atoms with Crippen molar-refractivity contribution in [3.63, 3.8) is 0 Å². The summed E-state index contributed by atoms with van der Waals surface area (Å²) in [6.07, 6.45) is 0. The minimum Gasteiger partial charge on any atom is -0.461 e. The van der Waals surface area contributed by atoms with E-state index in [-0.39, 0.29) is 73.1 Å². The number of carbonyl (C=O) groups is 6. The summed E-state index contributed by atoms with van der Waals surface area (Å²) >= 11 is 0. The van der Waals surface area contributed by atoms with E-state index in [9.17, 15) is 39.0 Å². The van der Waals surface area contributed by atoms with E-state index in [0.29, 0.717) is 0 Å². The molecule has 0 radical (unpaired) electrons. The summed E-state index contributed by atoms with van der Waals surface area (Å²) < 4.78 is 30.1. The molecule has 2 N–H and O–H groups in total. The number of rotatable bonds is 20. The summed E-state index contributed by atoms with van der Waals surface area (Å²) in [7, 11) is 0. The number of hydrogen-bond acceptors (Lipinski definition) is 14. The van der Waals surface area contributed by atoms with Crippen LogP contribution in [0.3, 0.4) is 0 Å². The highest BCUT2D eigenvalue weighted by Crippen LogP contribution is 2.22. The van der Waals surface area contributed by atoms with Gasteiger partial charge in [-0.2, -0.15) is 0 Å². The van der Waals surface area contributed by atoms with Crippen LogP contribution in [0.2, 0.25) is 0 Å². The summed E-state index contributed by atoms with van der Waals surface area (Å²) in [4.78, 5) is 69.3. The van der Waals surface area contributed by atoms with Crippen LogP contribution in [0.1, 0.15) is 41.5 Å². The van der Waals surface area contributed by atoms with Gasteiger partial charge in [-0.15, -0.1) is 0 Å². The Labute approximate surface area is 281 Å². The van der Waals surface area contributed by atoms with E-state index < -0.39 is 59.9 Å². The Hall–Kier alpha value is -4.82. The summed E-state index contributed by atoms with van der Waals surface area (Å²) in [6.45, 7) is 26.4. The van der Waals surface area contributed by atoms with Gasteiger partial charge in [0, 0.05) is 33.4 Å². The van der Waals surface area contributed by atoms with Crippen molar-refractivity contribution in [2.45, 2.75) is 41.5 Å². The van der Waals surface area contributed by atoms with Crippen LogP contribution in [-0.4, -0.2) is 98.9 Å². The van der Waals surface area contributed by atoms with Gasteiger partial charge >= 0.3 is 35.8 Å². The van der Waals surface area contributed by atoms with Crippen molar-refractivity contribution in [1.82, 2.24) is 0 Å². The van der Waals surface area contributed by atoms with E-state index in [0.717, 1.165) is 0 Å². The summed E-state index contributed by atoms with van der Waals surface area (Å²) in [5.74, 6) is -4.05. The maximum Gasteiger partial charge on any atom is 0.333 e. The first-order valence-corrected chi connectivity index (χ1v) is 14.3. The second kappa shape index (κ2) is 21.9.